The molecule has 0 saturated carbocycles. The Morgan fingerprint density at radius 3 is 2.59 bits per heavy atom. The van der Waals surface area contributed by atoms with E-state index in [4.69, 9.17) is 0 Å². The predicted molar refractivity (Wildman–Crippen MR) is 101 cm³/mol. The normalized spacial score (nSPS) is 19.6. The summed E-state index contributed by atoms with van der Waals surface area (Å²) in [6, 6.07) is 12.7. The van der Waals surface area contributed by atoms with Crippen molar-refractivity contribution >= 4 is 28.0 Å². The van der Waals surface area contributed by atoms with Crippen molar-refractivity contribution in [3.8, 4) is 5.75 Å². The molecule has 2 atom stereocenters. The first-order valence-electron chi connectivity index (χ1n) is 8.48. The van der Waals surface area contributed by atoms with Crippen molar-refractivity contribution in [1.29, 1.82) is 0 Å². The minimum Gasteiger partial charge on any atom is -0.506 e. The summed E-state index contributed by atoms with van der Waals surface area (Å²) >= 11 is 0. The topological polar surface area (TPSA) is 104 Å². The van der Waals surface area contributed by atoms with Crippen molar-refractivity contribution in [2.24, 2.45) is 5.92 Å². The van der Waals surface area contributed by atoms with Gasteiger partial charge in [-0.3, -0.25) is 9.10 Å². The Balaban J connectivity index is 1.77. The average molecular weight is 388 g/mol. The highest BCUT2D eigenvalue weighted by atomic mass is 32.2. The van der Waals surface area contributed by atoms with Crippen molar-refractivity contribution in [2.45, 2.75) is 19.4 Å². The lowest BCUT2D eigenvalue weighted by molar-refractivity contribution is -0.108. The first-order chi connectivity index (χ1) is 12.8. The monoisotopic (exact) mass is 388 g/mol. The highest BCUT2D eigenvalue weighted by Crippen LogP contribution is 2.32. The fourth-order valence-electron chi connectivity index (χ4n) is 3.11. The number of aldehydes is 1. The largest absolute Gasteiger partial charge is 0.506 e. The van der Waals surface area contributed by atoms with E-state index in [1.165, 1.54) is 12.1 Å². The Hall–Kier alpha value is -2.71. The molecule has 142 valence electrons. The van der Waals surface area contributed by atoms with E-state index in [-0.39, 0.29) is 29.7 Å². The lowest BCUT2D eigenvalue weighted by Gasteiger charge is -2.18. The molecule has 1 fully saturated rings. The summed E-state index contributed by atoms with van der Waals surface area (Å²) in [5.74, 6) is -0.516. The number of rotatable bonds is 6. The van der Waals surface area contributed by atoms with E-state index < -0.39 is 16.3 Å². The van der Waals surface area contributed by atoms with E-state index in [1.54, 1.807) is 30.3 Å². The van der Waals surface area contributed by atoms with E-state index >= 15 is 0 Å². The molecule has 0 amide bonds. The molecule has 2 aromatic carbocycles. The van der Waals surface area contributed by atoms with Crippen molar-refractivity contribution in [3.63, 3.8) is 0 Å². The van der Waals surface area contributed by atoms with E-state index in [2.05, 4.69) is 4.72 Å². The van der Waals surface area contributed by atoms with Crippen molar-refractivity contribution in [2.75, 3.05) is 10.8 Å². The third-order valence-corrected chi connectivity index (χ3v) is 6.00. The predicted octanol–water partition coefficient (Wildman–Crippen LogP) is 1.68. The molecular formula is C19H20N2O5S. The number of carbonyl (C=O) groups is 2. The van der Waals surface area contributed by atoms with Gasteiger partial charge < -0.3 is 9.90 Å². The number of Topliss-reactive ketones (excluding diaryl/α,β-unsaturated/α-hetero) is 1. The fourth-order valence-corrected chi connectivity index (χ4v) is 4.52. The van der Waals surface area contributed by atoms with Gasteiger partial charge in [0.15, 0.2) is 5.78 Å². The quantitative estimate of drug-likeness (QED) is 0.579. The van der Waals surface area contributed by atoms with E-state index in [9.17, 15) is 23.1 Å². The van der Waals surface area contributed by atoms with E-state index in [0.29, 0.717) is 23.8 Å². The minimum absolute atomic E-state index is 0.000637. The number of carbonyl (C=O) groups excluding carboxylic acids is 2. The lowest BCUT2D eigenvalue weighted by Crippen LogP contribution is -2.30. The number of phenols is 1. The number of anilines is 1. The van der Waals surface area contributed by atoms with Gasteiger partial charge in [0.2, 0.25) is 0 Å². The highest BCUT2D eigenvalue weighted by Gasteiger charge is 2.36. The zero-order chi connectivity index (χ0) is 19.6. The zero-order valence-electron chi connectivity index (χ0n) is 14.7. The Kier molecular flexibility index (Phi) is 5.29. The number of nitrogens with one attached hydrogen (secondary N) is 1. The van der Waals surface area contributed by atoms with Crippen LogP contribution < -0.4 is 9.03 Å². The number of hydrogen-bond donors (Lipinski definition) is 2. The second-order valence-electron chi connectivity index (χ2n) is 6.56. The maximum absolute atomic E-state index is 12.5. The molecule has 0 aromatic heterocycles. The van der Waals surface area contributed by atoms with Crippen LogP contribution in [-0.2, 0) is 21.4 Å². The second kappa shape index (κ2) is 7.50. The molecule has 2 aromatic rings. The summed E-state index contributed by atoms with van der Waals surface area (Å²) in [5.41, 5.74) is 1.43. The number of ketones is 1. The summed E-state index contributed by atoms with van der Waals surface area (Å²) in [4.78, 5) is 23.3. The van der Waals surface area contributed by atoms with Crippen LogP contribution in [0.1, 0.15) is 22.8 Å². The van der Waals surface area contributed by atoms with Crippen molar-refractivity contribution in [3.05, 3.63) is 59.7 Å². The molecule has 8 heteroatoms. The number of hydrogen-bond acceptors (Lipinski definition) is 5. The molecule has 2 N–H and O–H groups in total. The van der Waals surface area contributed by atoms with Gasteiger partial charge in [-0.2, -0.15) is 13.1 Å². The third-order valence-electron chi connectivity index (χ3n) is 4.47. The van der Waals surface area contributed by atoms with Crippen molar-refractivity contribution in [1.82, 2.24) is 4.72 Å². The Morgan fingerprint density at radius 2 is 2.00 bits per heavy atom. The fraction of sp³-hybridized carbons (Fsp3) is 0.263. The molecule has 1 aliphatic rings. The molecule has 0 spiro atoms. The van der Waals surface area contributed by atoms with Crippen LogP contribution >= 0.6 is 0 Å². The van der Waals surface area contributed by atoms with Crippen LogP contribution in [0.3, 0.4) is 0 Å². The van der Waals surface area contributed by atoms with E-state index in [0.717, 1.165) is 4.31 Å². The maximum Gasteiger partial charge on any atom is 0.302 e. The van der Waals surface area contributed by atoms with Crippen LogP contribution in [-0.4, -0.2) is 38.2 Å². The second-order valence-corrected chi connectivity index (χ2v) is 8.18. The summed E-state index contributed by atoms with van der Waals surface area (Å²) < 4.78 is 27.4. The van der Waals surface area contributed by atoms with Crippen LogP contribution in [0.2, 0.25) is 0 Å². The van der Waals surface area contributed by atoms with Gasteiger partial charge in [-0.05, 0) is 24.1 Å². The number of benzene rings is 2. The molecule has 3 rings (SSSR count). The first kappa shape index (κ1) is 19.1. The average Bonchev–Trinajstić information content (AvgIpc) is 2.96. The van der Waals surface area contributed by atoms with Gasteiger partial charge in [0.05, 0.1) is 18.3 Å². The minimum atomic E-state index is -3.87. The summed E-state index contributed by atoms with van der Waals surface area (Å²) in [5, 5.41) is 10.3. The summed E-state index contributed by atoms with van der Waals surface area (Å²) in [6.07, 6.45) is 0.920. The molecule has 1 heterocycles. The SMILES string of the molecule is CC(Cc1ccc(N2CC(C=O)NS2(=O)=O)c(O)c1)C(=O)c1ccccc1. The molecule has 1 saturated heterocycles. The van der Waals surface area contributed by atoms with Crippen LogP contribution in [0.15, 0.2) is 48.5 Å². The van der Waals surface area contributed by atoms with Crippen LogP contribution in [0.5, 0.6) is 5.75 Å². The molecule has 27 heavy (non-hydrogen) atoms. The standard InChI is InChI=1S/C19H20N2O5S/c1-13(19(24)15-5-3-2-4-6-15)9-14-7-8-17(18(23)10-14)21-11-16(12-22)20-27(21,25)26/h2-8,10,12-13,16,20,23H,9,11H2,1H3. The molecule has 7 nitrogen and oxygen atoms in total. The number of phenolic OH excluding ortho intramolecular Hbond substituents is 1. The maximum atomic E-state index is 12.5. The molecule has 2 unspecified atom stereocenters. The third kappa shape index (κ3) is 4.01. The molecule has 1 aliphatic heterocycles. The van der Waals surface area contributed by atoms with Crippen LogP contribution in [0.25, 0.3) is 0 Å². The Morgan fingerprint density at radius 1 is 1.30 bits per heavy atom. The van der Waals surface area contributed by atoms with Gasteiger partial charge in [-0.1, -0.05) is 43.3 Å². The lowest BCUT2D eigenvalue weighted by atomic mass is 9.93. The summed E-state index contributed by atoms with van der Waals surface area (Å²) in [7, 11) is -3.87. The van der Waals surface area contributed by atoms with E-state index in [1.807, 2.05) is 13.0 Å². The number of nitrogens with zero attached hydrogens (tertiary/aromatic N) is 1. The van der Waals surface area contributed by atoms with Crippen LogP contribution in [0, 0.1) is 5.92 Å². The highest BCUT2D eigenvalue weighted by molar-refractivity contribution is 7.91. The van der Waals surface area contributed by atoms with Crippen molar-refractivity contribution < 1.29 is 23.1 Å². The molecule has 0 bridgehead atoms. The van der Waals surface area contributed by atoms with Gasteiger partial charge in [-0.15, -0.1) is 0 Å². The van der Waals surface area contributed by atoms with Gasteiger partial charge in [0.25, 0.3) is 0 Å². The van der Waals surface area contributed by atoms with Gasteiger partial charge in [-0.25, -0.2) is 0 Å². The first-order valence-corrected chi connectivity index (χ1v) is 9.92. The zero-order valence-corrected chi connectivity index (χ0v) is 15.5. The number of aromatic hydroxyl groups is 1. The Labute approximate surface area is 157 Å². The molecular weight excluding hydrogens is 368 g/mol. The summed E-state index contributed by atoms with van der Waals surface area (Å²) in [6.45, 7) is 1.73. The van der Waals surface area contributed by atoms with Gasteiger partial charge >= 0.3 is 10.2 Å². The molecule has 0 radical (unpaired) electrons. The van der Waals surface area contributed by atoms with Crippen LogP contribution in [0.4, 0.5) is 5.69 Å². The smallest absolute Gasteiger partial charge is 0.302 e. The van der Waals surface area contributed by atoms with Gasteiger partial charge in [0, 0.05) is 11.5 Å². The van der Waals surface area contributed by atoms with Gasteiger partial charge in [0.1, 0.15) is 12.0 Å². The molecule has 0 aliphatic carbocycles. The Bertz CT molecular complexity index is 959.